The van der Waals surface area contributed by atoms with Gasteiger partial charge in [-0.2, -0.15) is 0 Å². The maximum absolute atomic E-state index is 13.0. The van der Waals surface area contributed by atoms with Crippen LogP contribution >= 0.6 is 11.3 Å². The first-order chi connectivity index (χ1) is 12.5. The Morgan fingerprint density at radius 1 is 1.00 bits per heavy atom. The molecule has 7 nitrogen and oxygen atoms in total. The Morgan fingerprint density at radius 2 is 1.77 bits per heavy atom. The van der Waals surface area contributed by atoms with Crippen LogP contribution in [0.1, 0.15) is 26.3 Å². The summed E-state index contributed by atoms with van der Waals surface area (Å²) >= 11 is 1.13. The minimum Gasteiger partial charge on any atom is -0.322 e. The van der Waals surface area contributed by atoms with Gasteiger partial charge in [0.1, 0.15) is 0 Å². The number of carbonyl (C=O) groups excluding carboxylic acids is 2. The molecule has 9 heteroatoms. The highest BCUT2D eigenvalue weighted by Crippen LogP contribution is 2.29. The molecule has 4 rings (SSSR count). The van der Waals surface area contributed by atoms with E-state index in [1.54, 1.807) is 17.5 Å². The van der Waals surface area contributed by atoms with Gasteiger partial charge in [-0.25, -0.2) is 13.4 Å². The Kier molecular flexibility index (Phi) is 3.82. The highest BCUT2D eigenvalue weighted by molar-refractivity contribution is 7.93. The van der Waals surface area contributed by atoms with Crippen LogP contribution in [0.5, 0.6) is 0 Å². The number of rotatable bonds is 3. The molecule has 0 spiro atoms. The van der Waals surface area contributed by atoms with Crippen molar-refractivity contribution in [1.29, 1.82) is 0 Å². The highest BCUT2D eigenvalue weighted by Gasteiger charge is 2.28. The molecule has 1 aromatic heterocycles. The summed E-state index contributed by atoms with van der Waals surface area (Å²) in [5.41, 5.74) is 0.674. The average Bonchev–Trinajstić information content (AvgIpc) is 3.12. The monoisotopic (exact) mass is 385 g/mol. The Balaban J connectivity index is 1.88. The smallest absolute Gasteiger partial charge is 0.264 e. The van der Waals surface area contributed by atoms with Crippen molar-refractivity contribution >= 4 is 43.9 Å². The average molecular weight is 385 g/mol. The minimum atomic E-state index is -4.02. The van der Waals surface area contributed by atoms with Crippen molar-refractivity contribution in [1.82, 2.24) is 4.98 Å². The number of benzene rings is 2. The molecule has 0 saturated carbocycles. The molecule has 0 atom stereocenters. The fourth-order valence-corrected chi connectivity index (χ4v) is 4.66. The lowest BCUT2D eigenvalue weighted by Crippen LogP contribution is -2.23. The van der Waals surface area contributed by atoms with E-state index in [0.29, 0.717) is 5.69 Å². The van der Waals surface area contributed by atoms with Crippen molar-refractivity contribution in [2.24, 2.45) is 0 Å². The van der Waals surface area contributed by atoms with E-state index >= 15 is 0 Å². The number of amides is 1. The minimum absolute atomic E-state index is 0.0148. The third-order valence-electron chi connectivity index (χ3n) is 3.84. The quantitative estimate of drug-likeness (QED) is 0.721. The van der Waals surface area contributed by atoms with Gasteiger partial charge in [0.25, 0.3) is 15.9 Å². The lowest BCUT2D eigenvalue weighted by molar-refractivity contribution is 0.0993. The zero-order chi connectivity index (χ0) is 18.3. The summed E-state index contributed by atoms with van der Waals surface area (Å²) in [4.78, 5) is 29.0. The largest absolute Gasteiger partial charge is 0.322 e. The number of nitrogens with one attached hydrogen (secondary N) is 2. The summed E-state index contributed by atoms with van der Waals surface area (Å²) in [6.07, 6.45) is 1.47. The SMILES string of the molecule is O=C1Nc2ccc(S(=O)(=O)Nc3nccs3)c(c2)C(=O)c2ccccc21. The Hall–Kier alpha value is -3.04. The van der Waals surface area contributed by atoms with Crippen LogP contribution < -0.4 is 10.0 Å². The molecule has 2 heterocycles. The summed E-state index contributed by atoms with van der Waals surface area (Å²) in [5, 5.41) is 4.51. The van der Waals surface area contributed by atoms with E-state index in [2.05, 4.69) is 15.0 Å². The number of ketones is 1. The van der Waals surface area contributed by atoms with Crippen LogP contribution in [0.4, 0.5) is 10.8 Å². The number of hydrogen-bond acceptors (Lipinski definition) is 6. The zero-order valence-corrected chi connectivity index (χ0v) is 14.7. The van der Waals surface area contributed by atoms with Gasteiger partial charge in [-0.05, 0) is 24.3 Å². The van der Waals surface area contributed by atoms with E-state index in [4.69, 9.17) is 0 Å². The second kappa shape index (κ2) is 6.04. The predicted molar refractivity (Wildman–Crippen MR) is 97.2 cm³/mol. The predicted octanol–water partition coefficient (Wildman–Crippen LogP) is 2.74. The number of fused-ring (bicyclic) bond motifs is 3. The van der Waals surface area contributed by atoms with Crippen LogP contribution in [-0.2, 0) is 10.0 Å². The Bertz CT molecular complexity index is 1140. The van der Waals surface area contributed by atoms with E-state index in [1.165, 1.54) is 36.5 Å². The lowest BCUT2D eigenvalue weighted by atomic mass is 9.96. The molecule has 1 aliphatic heterocycles. The summed E-state index contributed by atoms with van der Waals surface area (Å²) < 4.78 is 27.9. The number of aromatic nitrogens is 1. The van der Waals surface area contributed by atoms with Crippen LogP contribution in [-0.4, -0.2) is 25.1 Å². The fraction of sp³-hybridized carbons (Fsp3) is 0. The van der Waals surface area contributed by atoms with Crippen LogP contribution in [0, 0.1) is 0 Å². The second-order valence-corrected chi connectivity index (χ2v) is 8.03. The molecule has 0 unspecified atom stereocenters. The van der Waals surface area contributed by atoms with Gasteiger partial charge in [0.05, 0.1) is 10.5 Å². The van der Waals surface area contributed by atoms with Gasteiger partial charge in [0, 0.05) is 28.4 Å². The molecule has 1 amide bonds. The van der Waals surface area contributed by atoms with Gasteiger partial charge in [-0.1, -0.05) is 18.2 Å². The van der Waals surface area contributed by atoms with Gasteiger partial charge >= 0.3 is 0 Å². The van der Waals surface area contributed by atoms with Gasteiger partial charge < -0.3 is 5.32 Å². The van der Waals surface area contributed by atoms with Crippen molar-refractivity contribution < 1.29 is 18.0 Å². The first-order valence-corrected chi connectivity index (χ1v) is 9.83. The first kappa shape index (κ1) is 16.4. The molecule has 26 heavy (non-hydrogen) atoms. The van der Waals surface area contributed by atoms with E-state index < -0.39 is 21.7 Å². The van der Waals surface area contributed by atoms with Crippen LogP contribution in [0.15, 0.2) is 58.9 Å². The number of thiazole rings is 1. The molecule has 3 aromatic rings. The molecule has 0 saturated heterocycles. The number of nitrogens with zero attached hydrogens (tertiary/aromatic N) is 1. The van der Waals surface area contributed by atoms with Crippen molar-refractivity contribution in [2.45, 2.75) is 4.90 Å². The fourth-order valence-electron chi connectivity index (χ4n) is 2.69. The van der Waals surface area contributed by atoms with Crippen LogP contribution in [0.3, 0.4) is 0 Å². The normalized spacial score (nSPS) is 13.4. The Labute approximate surface area is 152 Å². The van der Waals surface area contributed by atoms with E-state index in [9.17, 15) is 18.0 Å². The van der Waals surface area contributed by atoms with Crippen molar-refractivity contribution in [2.75, 3.05) is 10.0 Å². The van der Waals surface area contributed by atoms with Crippen molar-refractivity contribution in [3.63, 3.8) is 0 Å². The molecule has 0 aliphatic carbocycles. The zero-order valence-electron chi connectivity index (χ0n) is 13.1. The molecule has 0 radical (unpaired) electrons. The second-order valence-electron chi connectivity index (χ2n) is 5.48. The maximum atomic E-state index is 13.0. The van der Waals surface area contributed by atoms with Gasteiger partial charge in [-0.15, -0.1) is 11.3 Å². The summed E-state index contributed by atoms with van der Waals surface area (Å²) in [6, 6.07) is 10.4. The van der Waals surface area contributed by atoms with E-state index in [1.807, 2.05) is 0 Å². The number of hydrogen-bond donors (Lipinski definition) is 2. The van der Waals surface area contributed by atoms with Gasteiger partial charge in [0.2, 0.25) is 0 Å². The highest BCUT2D eigenvalue weighted by atomic mass is 32.2. The van der Waals surface area contributed by atoms with Crippen molar-refractivity contribution in [3.8, 4) is 0 Å². The van der Waals surface area contributed by atoms with Gasteiger partial charge in [0.15, 0.2) is 10.9 Å². The first-order valence-electron chi connectivity index (χ1n) is 7.47. The number of sulfonamides is 1. The lowest BCUT2D eigenvalue weighted by Gasteiger charge is -2.17. The summed E-state index contributed by atoms with van der Waals surface area (Å²) in [5.74, 6) is -0.951. The standard InChI is InChI=1S/C17H11N3O4S2/c21-15-11-3-1-2-4-12(11)16(22)19-10-5-6-14(13(15)9-10)26(23,24)20-17-18-7-8-25-17/h1-9H,(H,18,20)(H,19,22). The van der Waals surface area contributed by atoms with E-state index in [-0.39, 0.29) is 26.7 Å². The van der Waals surface area contributed by atoms with Crippen LogP contribution in [0.2, 0.25) is 0 Å². The molecule has 0 fully saturated rings. The molecular weight excluding hydrogens is 374 g/mol. The van der Waals surface area contributed by atoms with Gasteiger partial charge in [-0.3, -0.25) is 14.3 Å². The van der Waals surface area contributed by atoms with Crippen molar-refractivity contribution in [3.05, 3.63) is 70.7 Å². The summed E-state index contributed by atoms with van der Waals surface area (Å²) in [7, 11) is -4.02. The maximum Gasteiger partial charge on any atom is 0.264 e. The molecule has 1 aliphatic rings. The van der Waals surface area contributed by atoms with E-state index in [0.717, 1.165) is 11.3 Å². The molecular formula is C17H11N3O4S2. The van der Waals surface area contributed by atoms with Crippen LogP contribution in [0.25, 0.3) is 0 Å². The molecule has 2 N–H and O–H groups in total. The topological polar surface area (TPSA) is 105 Å². The summed E-state index contributed by atoms with van der Waals surface area (Å²) in [6.45, 7) is 0. The Morgan fingerprint density at radius 3 is 2.50 bits per heavy atom. The number of carbonyl (C=O) groups is 2. The third kappa shape index (κ3) is 2.76. The molecule has 2 aromatic carbocycles. The molecule has 2 bridgehead atoms. The molecule has 130 valence electrons. The third-order valence-corrected chi connectivity index (χ3v) is 6.06. The number of anilines is 2.